The Morgan fingerprint density at radius 1 is 1.33 bits per heavy atom. The van der Waals surface area contributed by atoms with Gasteiger partial charge < -0.3 is 5.73 Å². The lowest BCUT2D eigenvalue weighted by atomic mass is 10.2. The molecule has 0 fully saturated rings. The molecule has 0 bridgehead atoms. The van der Waals surface area contributed by atoms with Crippen LogP contribution < -0.4 is 5.73 Å². The molecule has 0 unspecified atom stereocenters. The zero-order valence-corrected chi connectivity index (χ0v) is 9.63. The summed E-state index contributed by atoms with van der Waals surface area (Å²) in [5.74, 6) is 0. The minimum atomic E-state index is -4.07. The molecule has 0 saturated carbocycles. The number of nitrogens with two attached hydrogens (primary N) is 1. The van der Waals surface area contributed by atoms with Crippen molar-refractivity contribution < 1.29 is 13.2 Å². The molecular formula is C9H17F3N2S. The highest BCUT2D eigenvalue weighted by Gasteiger charge is 2.26. The Bertz CT molecular complexity index is 194. The van der Waals surface area contributed by atoms with Crippen LogP contribution >= 0.6 is 12.2 Å². The van der Waals surface area contributed by atoms with Gasteiger partial charge in [0.25, 0.3) is 0 Å². The summed E-state index contributed by atoms with van der Waals surface area (Å²) in [4.78, 5) is 2.18. The van der Waals surface area contributed by atoms with Crippen LogP contribution in [-0.4, -0.2) is 35.7 Å². The Morgan fingerprint density at radius 3 is 2.33 bits per heavy atom. The van der Waals surface area contributed by atoms with E-state index in [0.717, 1.165) is 13.0 Å². The maximum Gasteiger partial charge on any atom is 0.389 e. The highest BCUT2D eigenvalue weighted by Crippen LogP contribution is 2.21. The molecule has 0 aliphatic heterocycles. The molecule has 0 rings (SSSR count). The van der Waals surface area contributed by atoms with Crippen LogP contribution in [0.2, 0.25) is 0 Å². The average Bonchev–Trinajstić information content (AvgIpc) is 2.00. The Morgan fingerprint density at radius 2 is 1.93 bits per heavy atom. The standard InChI is InChI=1S/C9H17F3N2S/c1-2-5-14(7-8(13)15)6-3-4-9(10,11)12/h2-7H2,1H3,(H2,13,15). The summed E-state index contributed by atoms with van der Waals surface area (Å²) >= 11 is 4.72. The molecule has 0 aromatic rings. The van der Waals surface area contributed by atoms with Crippen molar-refractivity contribution in [2.45, 2.75) is 32.4 Å². The van der Waals surface area contributed by atoms with Crippen molar-refractivity contribution in [1.29, 1.82) is 0 Å². The summed E-state index contributed by atoms with van der Waals surface area (Å²) in [5, 5.41) is 0. The van der Waals surface area contributed by atoms with Gasteiger partial charge in [0.05, 0.1) is 4.99 Å². The number of thiocarbonyl (C=S) groups is 1. The molecule has 0 radical (unpaired) electrons. The molecule has 0 atom stereocenters. The first-order chi connectivity index (χ1) is 6.85. The van der Waals surface area contributed by atoms with Crippen LogP contribution in [0.3, 0.4) is 0 Å². The summed E-state index contributed by atoms with van der Waals surface area (Å²) in [6.45, 7) is 3.50. The molecule has 6 heteroatoms. The SMILES string of the molecule is CCCN(CCCC(F)(F)F)CC(N)=S. The van der Waals surface area contributed by atoms with Gasteiger partial charge in [-0.15, -0.1) is 0 Å². The molecule has 0 aromatic carbocycles. The second-order valence-electron chi connectivity index (χ2n) is 3.46. The largest absolute Gasteiger partial charge is 0.392 e. The van der Waals surface area contributed by atoms with Crippen molar-refractivity contribution >= 4 is 17.2 Å². The Kier molecular flexibility index (Phi) is 6.84. The van der Waals surface area contributed by atoms with E-state index in [1.54, 1.807) is 0 Å². The zero-order valence-electron chi connectivity index (χ0n) is 8.81. The van der Waals surface area contributed by atoms with Gasteiger partial charge in [0.1, 0.15) is 0 Å². The fourth-order valence-electron chi connectivity index (χ4n) is 1.31. The Hall–Kier alpha value is -0.360. The third-order valence-corrected chi connectivity index (χ3v) is 1.98. The molecule has 0 saturated heterocycles. The molecule has 0 aliphatic carbocycles. The molecule has 0 amide bonds. The van der Waals surface area contributed by atoms with E-state index in [9.17, 15) is 13.2 Å². The second kappa shape index (κ2) is 7.00. The van der Waals surface area contributed by atoms with E-state index in [-0.39, 0.29) is 6.42 Å². The fourth-order valence-corrected chi connectivity index (χ4v) is 1.49. The highest BCUT2D eigenvalue weighted by molar-refractivity contribution is 7.80. The van der Waals surface area contributed by atoms with Gasteiger partial charge in [0.2, 0.25) is 0 Å². The van der Waals surface area contributed by atoms with Crippen molar-refractivity contribution in [3.63, 3.8) is 0 Å². The molecule has 15 heavy (non-hydrogen) atoms. The lowest BCUT2D eigenvalue weighted by Crippen LogP contribution is -2.34. The maximum absolute atomic E-state index is 11.9. The Labute approximate surface area is 93.6 Å². The molecular weight excluding hydrogens is 225 g/mol. The van der Waals surface area contributed by atoms with Crippen LogP contribution in [0.1, 0.15) is 26.2 Å². The van der Waals surface area contributed by atoms with E-state index in [1.165, 1.54) is 0 Å². The normalized spacial score (nSPS) is 12.1. The smallest absolute Gasteiger partial charge is 0.389 e. The lowest BCUT2D eigenvalue weighted by molar-refractivity contribution is -0.136. The van der Waals surface area contributed by atoms with Gasteiger partial charge in [-0.05, 0) is 25.9 Å². The predicted octanol–water partition coefficient (Wildman–Crippen LogP) is 2.33. The first kappa shape index (κ1) is 14.6. The van der Waals surface area contributed by atoms with Gasteiger partial charge in [-0.25, -0.2) is 0 Å². The average molecular weight is 242 g/mol. The number of nitrogens with zero attached hydrogens (tertiary/aromatic N) is 1. The third kappa shape index (κ3) is 9.93. The summed E-state index contributed by atoms with van der Waals surface area (Å²) in [6, 6.07) is 0. The summed E-state index contributed by atoms with van der Waals surface area (Å²) in [7, 11) is 0. The van der Waals surface area contributed by atoms with Crippen molar-refractivity contribution in [1.82, 2.24) is 4.90 Å². The van der Waals surface area contributed by atoms with Gasteiger partial charge in [-0.3, -0.25) is 4.90 Å². The molecule has 2 nitrogen and oxygen atoms in total. The summed E-state index contributed by atoms with van der Waals surface area (Å²) in [5.41, 5.74) is 5.35. The van der Waals surface area contributed by atoms with Crippen LogP contribution in [-0.2, 0) is 0 Å². The number of hydrogen-bond donors (Lipinski definition) is 1. The van der Waals surface area contributed by atoms with Crippen molar-refractivity contribution in [2.75, 3.05) is 19.6 Å². The van der Waals surface area contributed by atoms with Crippen LogP contribution in [0.5, 0.6) is 0 Å². The number of hydrogen-bond acceptors (Lipinski definition) is 2. The molecule has 0 aliphatic rings. The minimum Gasteiger partial charge on any atom is -0.392 e. The van der Waals surface area contributed by atoms with E-state index < -0.39 is 12.6 Å². The number of alkyl halides is 3. The van der Waals surface area contributed by atoms with Gasteiger partial charge in [0, 0.05) is 13.0 Å². The third-order valence-electron chi connectivity index (χ3n) is 1.85. The Balaban J connectivity index is 3.80. The highest BCUT2D eigenvalue weighted by atomic mass is 32.1. The fraction of sp³-hybridized carbons (Fsp3) is 0.889. The molecule has 2 N–H and O–H groups in total. The van der Waals surface area contributed by atoms with Crippen LogP contribution in [0.25, 0.3) is 0 Å². The summed E-state index contributed by atoms with van der Waals surface area (Å²) < 4.78 is 35.7. The van der Waals surface area contributed by atoms with Gasteiger partial charge in [-0.1, -0.05) is 19.1 Å². The van der Waals surface area contributed by atoms with Gasteiger partial charge in [0.15, 0.2) is 0 Å². The molecule has 0 aromatic heterocycles. The summed E-state index contributed by atoms with van der Waals surface area (Å²) in [6.07, 6.45) is -3.83. The van der Waals surface area contributed by atoms with Gasteiger partial charge >= 0.3 is 6.18 Å². The first-order valence-corrected chi connectivity index (χ1v) is 5.33. The van der Waals surface area contributed by atoms with E-state index >= 15 is 0 Å². The topological polar surface area (TPSA) is 29.3 Å². The van der Waals surface area contributed by atoms with E-state index in [1.807, 2.05) is 11.8 Å². The molecule has 0 heterocycles. The van der Waals surface area contributed by atoms with Crippen LogP contribution in [0.15, 0.2) is 0 Å². The molecule has 0 spiro atoms. The van der Waals surface area contributed by atoms with Crippen LogP contribution in [0.4, 0.5) is 13.2 Å². The van der Waals surface area contributed by atoms with E-state index in [2.05, 4.69) is 0 Å². The molecule has 90 valence electrons. The minimum absolute atomic E-state index is 0.103. The van der Waals surface area contributed by atoms with Gasteiger partial charge in [-0.2, -0.15) is 13.2 Å². The van der Waals surface area contributed by atoms with Crippen LogP contribution in [0, 0.1) is 0 Å². The van der Waals surface area contributed by atoms with Crippen molar-refractivity contribution in [3.05, 3.63) is 0 Å². The predicted molar refractivity (Wildman–Crippen MR) is 58.8 cm³/mol. The maximum atomic E-state index is 11.9. The van der Waals surface area contributed by atoms with Crippen molar-refractivity contribution in [2.24, 2.45) is 5.73 Å². The first-order valence-electron chi connectivity index (χ1n) is 4.92. The second-order valence-corrected chi connectivity index (χ2v) is 3.99. The zero-order chi connectivity index (χ0) is 11.9. The number of halogens is 3. The van der Waals surface area contributed by atoms with Crippen molar-refractivity contribution in [3.8, 4) is 0 Å². The number of rotatable bonds is 7. The van der Waals surface area contributed by atoms with E-state index in [4.69, 9.17) is 18.0 Å². The quantitative estimate of drug-likeness (QED) is 0.695. The lowest BCUT2D eigenvalue weighted by Gasteiger charge is -2.21. The monoisotopic (exact) mass is 242 g/mol. The van der Waals surface area contributed by atoms with E-state index in [0.29, 0.717) is 18.1 Å².